The van der Waals surface area contributed by atoms with Crippen LogP contribution in [-0.2, 0) is 14.3 Å². The summed E-state index contributed by atoms with van der Waals surface area (Å²) < 4.78 is 5.32. The quantitative estimate of drug-likeness (QED) is 0.832. The van der Waals surface area contributed by atoms with Gasteiger partial charge in [-0.1, -0.05) is 6.07 Å². The van der Waals surface area contributed by atoms with Gasteiger partial charge in [-0.2, -0.15) is 0 Å². The Morgan fingerprint density at radius 1 is 1.38 bits per heavy atom. The molecule has 2 fully saturated rings. The number of nitrogens with zero attached hydrogens (tertiary/aromatic N) is 2. The Hall–Kier alpha value is -1.40. The van der Waals surface area contributed by atoms with Crippen LogP contribution in [0, 0.1) is 5.92 Å². The number of carbonyl (C=O) groups is 2. The molecule has 114 valence electrons. The van der Waals surface area contributed by atoms with Gasteiger partial charge < -0.3 is 14.5 Å². The fraction of sp³-hybridized carbons (Fsp3) is 0.600. The van der Waals surface area contributed by atoms with Gasteiger partial charge in [0.05, 0.1) is 25.2 Å². The van der Waals surface area contributed by atoms with Gasteiger partial charge in [-0.05, 0) is 17.9 Å². The number of hydrogen-bond donors (Lipinski definition) is 0. The lowest BCUT2D eigenvalue weighted by Gasteiger charge is -2.40. The van der Waals surface area contributed by atoms with Crippen molar-refractivity contribution in [1.29, 1.82) is 0 Å². The first-order valence-electron chi connectivity index (χ1n) is 7.34. The van der Waals surface area contributed by atoms with Gasteiger partial charge in [0.2, 0.25) is 11.8 Å². The molecule has 0 aliphatic carbocycles. The second-order valence-corrected chi connectivity index (χ2v) is 6.53. The van der Waals surface area contributed by atoms with Gasteiger partial charge in [0.15, 0.2) is 0 Å². The largest absolute Gasteiger partial charge is 0.378 e. The van der Waals surface area contributed by atoms with Crippen molar-refractivity contribution in [3.8, 4) is 0 Å². The fourth-order valence-electron chi connectivity index (χ4n) is 3.16. The molecule has 0 unspecified atom stereocenters. The number of hydrogen-bond acceptors (Lipinski definition) is 4. The van der Waals surface area contributed by atoms with Crippen molar-refractivity contribution >= 4 is 23.2 Å². The number of likely N-dealkylation sites (tertiary alicyclic amines) is 1. The van der Waals surface area contributed by atoms with E-state index in [0.717, 1.165) is 4.88 Å². The van der Waals surface area contributed by atoms with E-state index in [9.17, 15) is 9.59 Å². The molecule has 3 heterocycles. The van der Waals surface area contributed by atoms with Crippen LogP contribution in [0.1, 0.15) is 23.8 Å². The third-order valence-electron chi connectivity index (χ3n) is 4.34. The SMILES string of the molecule is CN1C(=O)CC[C@@H](C(=O)N2CCOCC2)[C@H]1c1cccs1. The van der Waals surface area contributed by atoms with Crippen LogP contribution in [0.15, 0.2) is 17.5 Å². The lowest BCUT2D eigenvalue weighted by Crippen LogP contribution is -2.50. The molecule has 1 aromatic rings. The van der Waals surface area contributed by atoms with E-state index < -0.39 is 0 Å². The molecule has 2 aliphatic rings. The highest BCUT2D eigenvalue weighted by Gasteiger charge is 2.41. The van der Waals surface area contributed by atoms with Crippen molar-refractivity contribution in [2.75, 3.05) is 33.4 Å². The first kappa shape index (κ1) is 14.5. The summed E-state index contributed by atoms with van der Waals surface area (Å²) in [7, 11) is 1.81. The zero-order valence-electron chi connectivity index (χ0n) is 12.2. The number of morpholine rings is 1. The first-order valence-corrected chi connectivity index (χ1v) is 8.22. The average Bonchev–Trinajstić information content (AvgIpc) is 3.04. The lowest BCUT2D eigenvalue weighted by molar-refractivity contribution is -0.149. The Balaban J connectivity index is 1.84. The van der Waals surface area contributed by atoms with E-state index in [2.05, 4.69) is 0 Å². The normalized spacial score (nSPS) is 27.0. The molecule has 3 rings (SSSR count). The van der Waals surface area contributed by atoms with Crippen LogP contribution in [0.3, 0.4) is 0 Å². The Kier molecular flexibility index (Phi) is 4.26. The molecule has 5 nitrogen and oxygen atoms in total. The molecule has 2 atom stereocenters. The van der Waals surface area contributed by atoms with E-state index >= 15 is 0 Å². The summed E-state index contributed by atoms with van der Waals surface area (Å²) in [5.74, 6) is 0.153. The fourth-order valence-corrected chi connectivity index (χ4v) is 4.10. The van der Waals surface area contributed by atoms with Gasteiger partial charge in [-0.25, -0.2) is 0 Å². The standard InChI is InChI=1S/C15H20N2O3S/c1-16-13(18)5-4-11(14(16)12-3-2-10-21-12)15(19)17-6-8-20-9-7-17/h2-3,10-11,14H,4-9H2,1H3/t11-,14+/m1/s1. The predicted molar refractivity (Wildman–Crippen MR) is 80.0 cm³/mol. The Bertz CT molecular complexity index is 511. The summed E-state index contributed by atoms with van der Waals surface area (Å²) in [5, 5.41) is 2.00. The van der Waals surface area contributed by atoms with Gasteiger partial charge in [0.1, 0.15) is 0 Å². The summed E-state index contributed by atoms with van der Waals surface area (Å²) in [4.78, 5) is 29.6. The van der Waals surface area contributed by atoms with Crippen LogP contribution in [0.4, 0.5) is 0 Å². The maximum atomic E-state index is 12.8. The Morgan fingerprint density at radius 2 is 2.14 bits per heavy atom. The van der Waals surface area contributed by atoms with E-state index in [1.807, 2.05) is 29.5 Å². The van der Waals surface area contributed by atoms with E-state index in [-0.39, 0.29) is 23.8 Å². The third kappa shape index (κ3) is 2.82. The molecule has 2 amide bonds. The minimum absolute atomic E-state index is 0.124. The molecule has 0 aromatic carbocycles. The van der Waals surface area contributed by atoms with Crippen molar-refractivity contribution in [2.45, 2.75) is 18.9 Å². The maximum absolute atomic E-state index is 12.8. The molecule has 0 radical (unpaired) electrons. The van der Waals surface area contributed by atoms with Crippen LogP contribution >= 0.6 is 11.3 Å². The summed E-state index contributed by atoms with van der Waals surface area (Å²) in [5.41, 5.74) is 0. The van der Waals surface area contributed by atoms with Gasteiger partial charge in [0, 0.05) is 31.4 Å². The van der Waals surface area contributed by atoms with E-state index in [4.69, 9.17) is 4.74 Å². The number of carbonyl (C=O) groups excluding carboxylic acids is 2. The van der Waals surface area contributed by atoms with Crippen LogP contribution in [0.25, 0.3) is 0 Å². The summed E-state index contributed by atoms with van der Waals surface area (Å²) in [6.07, 6.45) is 1.10. The van der Waals surface area contributed by atoms with Crippen molar-refractivity contribution < 1.29 is 14.3 Å². The van der Waals surface area contributed by atoms with Crippen LogP contribution in [-0.4, -0.2) is 55.0 Å². The second kappa shape index (κ2) is 6.15. The number of ether oxygens (including phenoxy) is 1. The van der Waals surface area contributed by atoms with Crippen LogP contribution in [0.5, 0.6) is 0 Å². The van der Waals surface area contributed by atoms with Crippen molar-refractivity contribution in [1.82, 2.24) is 9.80 Å². The highest BCUT2D eigenvalue weighted by Crippen LogP contribution is 2.38. The molecule has 21 heavy (non-hydrogen) atoms. The Labute approximate surface area is 128 Å². The van der Waals surface area contributed by atoms with Crippen molar-refractivity contribution in [3.05, 3.63) is 22.4 Å². The van der Waals surface area contributed by atoms with Gasteiger partial charge in [-0.3, -0.25) is 9.59 Å². The first-order chi connectivity index (χ1) is 10.2. The molecular weight excluding hydrogens is 288 g/mol. The Morgan fingerprint density at radius 3 is 2.81 bits per heavy atom. The molecule has 6 heteroatoms. The molecular formula is C15H20N2O3S. The molecule has 0 bridgehead atoms. The summed E-state index contributed by atoms with van der Waals surface area (Å²) in [6, 6.07) is 3.87. The topological polar surface area (TPSA) is 49.9 Å². The lowest BCUT2D eigenvalue weighted by atomic mass is 9.86. The van der Waals surface area contributed by atoms with Crippen molar-refractivity contribution in [2.24, 2.45) is 5.92 Å². The molecule has 2 aliphatic heterocycles. The van der Waals surface area contributed by atoms with E-state index in [1.54, 1.807) is 16.2 Å². The van der Waals surface area contributed by atoms with E-state index in [0.29, 0.717) is 39.1 Å². The highest BCUT2D eigenvalue weighted by molar-refractivity contribution is 7.10. The predicted octanol–water partition coefficient (Wildman–Crippen LogP) is 1.52. The molecule has 0 spiro atoms. The average molecular weight is 308 g/mol. The number of rotatable bonds is 2. The van der Waals surface area contributed by atoms with Gasteiger partial charge in [-0.15, -0.1) is 11.3 Å². The van der Waals surface area contributed by atoms with Crippen molar-refractivity contribution in [3.63, 3.8) is 0 Å². The van der Waals surface area contributed by atoms with Gasteiger partial charge >= 0.3 is 0 Å². The monoisotopic (exact) mass is 308 g/mol. The number of piperidine rings is 1. The number of amides is 2. The zero-order chi connectivity index (χ0) is 14.8. The maximum Gasteiger partial charge on any atom is 0.228 e. The summed E-state index contributed by atoms with van der Waals surface area (Å²) >= 11 is 1.61. The minimum Gasteiger partial charge on any atom is -0.378 e. The second-order valence-electron chi connectivity index (χ2n) is 5.55. The molecule has 0 saturated carbocycles. The van der Waals surface area contributed by atoms with Crippen LogP contribution in [0.2, 0.25) is 0 Å². The zero-order valence-corrected chi connectivity index (χ0v) is 13.0. The minimum atomic E-state index is -0.135. The molecule has 1 aromatic heterocycles. The summed E-state index contributed by atoms with van der Waals surface area (Å²) in [6.45, 7) is 2.53. The molecule has 0 N–H and O–H groups in total. The highest BCUT2D eigenvalue weighted by atomic mass is 32.1. The van der Waals surface area contributed by atoms with Crippen LogP contribution < -0.4 is 0 Å². The number of thiophene rings is 1. The third-order valence-corrected chi connectivity index (χ3v) is 5.28. The smallest absolute Gasteiger partial charge is 0.228 e. The van der Waals surface area contributed by atoms with E-state index in [1.165, 1.54) is 0 Å². The molecule has 2 saturated heterocycles. The van der Waals surface area contributed by atoms with Gasteiger partial charge in [0.25, 0.3) is 0 Å².